The summed E-state index contributed by atoms with van der Waals surface area (Å²) in [6, 6.07) is 17.8. The Labute approximate surface area is 221 Å². The van der Waals surface area contributed by atoms with Crippen LogP contribution in [0.3, 0.4) is 0 Å². The number of carbonyl (C=O) groups excluding carboxylic acids is 1. The number of para-hydroxylation sites is 1. The molecule has 8 nitrogen and oxygen atoms in total. The lowest BCUT2D eigenvalue weighted by atomic mass is 10.2. The van der Waals surface area contributed by atoms with Crippen molar-refractivity contribution in [3.8, 4) is 23.1 Å². The van der Waals surface area contributed by atoms with Crippen LogP contribution in [0.25, 0.3) is 33.5 Å². The highest BCUT2D eigenvalue weighted by atomic mass is 79.9. The van der Waals surface area contributed by atoms with E-state index in [1.165, 1.54) is 24.9 Å². The summed E-state index contributed by atoms with van der Waals surface area (Å²) in [6.07, 6.45) is 1.49. The van der Waals surface area contributed by atoms with Gasteiger partial charge in [0.25, 0.3) is 5.56 Å². The molecule has 0 unspecified atom stereocenters. The fraction of sp³-hybridized carbons (Fsp3) is 0.0769. The number of ether oxygens (including phenoxy) is 2. The maximum absolute atomic E-state index is 13.4. The summed E-state index contributed by atoms with van der Waals surface area (Å²) in [4.78, 5) is 29.6. The Morgan fingerprint density at radius 1 is 1.11 bits per heavy atom. The van der Waals surface area contributed by atoms with Gasteiger partial charge in [0.05, 0.1) is 28.7 Å². The quantitative estimate of drug-likeness (QED) is 0.135. The minimum atomic E-state index is -0.480. The fourth-order valence-corrected chi connectivity index (χ4v) is 4.62. The summed E-state index contributed by atoms with van der Waals surface area (Å²) in [7, 11) is 1.46. The lowest BCUT2D eigenvalue weighted by Crippen LogP contribution is -2.20. The zero-order chi connectivity index (χ0) is 25.4. The van der Waals surface area contributed by atoms with E-state index in [0.717, 1.165) is 9.86 Å². The molecule has 0 atom stereocenters. The minimum absolute atomic E-state index is 0.251. The highest BCUT2D eigenvalue weighted by Crippen LogP contribution is 2.36. The topological polar surface area (TPSA) is 95.9 Å². The van der Waals surface area contributed by atoms with E-state index in [-0.39, 0.29) is 17.1 Å². The molecule has 0 amide bonds. The number of furan rings is 1. The smallest absolute Gasteiger partial charge is 0.308 e. The molecule has 0 fully saturated rings. The van der Waals surface area contributed by atoms with E-state index in [0.29, 0.717) is 38.0 Å². The van der Waals surface area contributed by atoms with E-state index in [9.17, 15) is 9.59 Å². The highest BCUT2D eigenvalue weighted by Gasteiger charge is 2.17. The zero-order valence-electron chi connectivity index (χ0n) is 19.0. The maximum Gasteiger partial charge on any atom is 0.308 e. The Morgan fingerprint density at radius 3 is 2.69 bits per heavy atom. The molecule has 0 aliphatic rings. The van der Waals surface area contributed by atoms with Crippen molar-refractivity contribution in [2.75, 3.05) is 7.11 Å². The molecule has 0 N–H and O–H groups in total. The zero-order valence-corrected chi connectivity index (χ0v) is 22.2. The number of rotatable bonds is 5. The molecule has 2 aromatic heterocycles. The molecule has 0 spiro atoms. The SMILES string of the molecule is COc1cc(C=Nn2c(-c3cc4cc(Br)ccc4o3)nc3ccccc3c2=O)cc(Br)c1OC(C)=O. The second-order valence-electron chi connectivity index (χ2n) is 7.73. The Hall–Kier alpha value is -3.76. The van der Waals surface area contributed by atoms with E-state index < -0.39 is 5.97 Å². The van der Waals surface area contributed by atoms with Crippen LogP contribution in [0.1, 0.15) is 12.5 Å². The number of methoxy groups -OCH3 is 1. The van der Waals surface area contributed by atoms with Crippen LogP contribution >= 0.6 is 31.9 Å². The molecule has 0 saturated carbocycles. The van der Waals surface area contributed by atoms with E-state index in [1.54, 1.807) is 30.3 Å². The van der Waals surface area contributed by atoms with Crippen LogP contribution in [-0.2, 0) is 4.79 Å². The van der Waals surface area contributed by atoms with E-state index in [1.807, 2.05) is 30.3 Å². The van der Waals surface area contributed by atoms with Gasteiger partial charge in [0.2, 0.25) is 5.82 Å². The molecule has 5 rings (SSSR count). The lowest BCUT2D eigenvalue weighted by molar-refractivity contribution is -0.132. The number of hydrogen-bond donors (Lipinski definition) is 0. The Morgan fingerprint density at radius 2 is 1.92 bits per heavy atom. The standard InChI is InChI=1S/C26H17Br2N3O5/c1-14(32)35-24-19(28)9-15(10-22(24)34-2)13-29-31-25(30-20-6-4-3-5-18(20)26(31)33)23-12-16-11-17(27)7-8-21(16)36-23/h3-13H,1-2H3. The molecular weight excluding hydrogens is 594 g/mol. The second-order valence-corrected chi connectivity index (χ2v) is 9.50. The number of halogens is 2. The van der Waals surface area contributed by atoms with Gasteiger partial charge in [-0.2, -0.15) is 9.78 Å². The van der Waals surface area contributed by atoms with Gasteiger partial charge in [0.15, 0.2) is 17.3 Å². The summed E-state index contributed by atoms with van der Waals surface area (Å²) in [5.74, 6) is 0.748. The predicted octanol–water partition coefficient (Wildman–Crippen LogP) is 6.15. The second kappa shape index (κ2) is 9.71. The highest BCUT2D eigenvalue weighted by molar-refractivity contribution is 9.10. The third-order valence-corrected chi connectivity index (χ3v) is 6.35. The molecule has 0 saturated heterocycles. The molecule has 10 heteroatoms. The van der Waals surface area contributed by atoms with Crippen molar-refractivity contribution < 1.29 is 18.7 Å². The Balaban J connectivity index is 1.67. The van der Waals surface area contributed by atoms with Crippen molar-refractivity contribution in [2.24, 2.45) is 5.10 Å². The summed E-state index contributed by atoms with van der Waals surface area (Å²) in [5.41, 5.74) is 1.42. The van der Waals surface area contributed by atoms with Crippen LogP contribution in [0.2, 0.25) is 0 Å². The van der Waals surface area contributed by atoms with Crippen LogP contribution in [0.15, 0.2) is 83.9 Å². The predicted molar refractivity (Wildman–Crippen MR) is 144 cm³/mol. The first kappa shape index (κ1) is 24.0. The molecule has 36 heavy (non-hydrogen) atoms. The third kappa shape index (κ3) is 4.57. The number of carbonyl (C=O) groups is 1. The molecule has 0 aliphatic heterocycles. The minimum Gasteiger partial charge on any atom is -0.493 e. The molecule has 0 aliphatic carbocycles. The van der Waals surface area contributed by atoms with Gasteiger partial charge in [-0.1, -0.05) is 28.1 Å². The number of nitrogens with zero attached hydrogens (tertiary/aromatic N) is 3. The molecule has 0 radical (unpaired) electrons. The van der Waals surface area contributed by atoms with E-state index in [2.05, 4.69) is 41.9 Å². The van der Waals surface area contributed by atoms with Crippen molar-refractivity contribution in [1.29, 1.82) is 0 Å². The molecular formula is C26H17Br2N3O5. The van der Waals surface area contributed by atoms with Gasteiger partial charge < -0.3 is 13.9 Å². The molecule has 2 heterocycles. The first-order valence-electron chi connectivity index (χ1n) is 10.7. The van der Waals surface area contributed by atoms with Gasteiger partial charge in [0.1, 0.15) is 5.58 Å². The summed E-state index contributed by atoms with van der Waals surface area (Å²) in [5, 5.41) is 5.73. The molecule has 5 aromatic rings. The van der Waals surface area contributed by atoms with Crippen molar-refractivity contribution in [3.63, 3.8) is 0 Å². The van der Waals surface area contributed by atoms with Crippen molar-refractivity contribution in [3.05, 3.63) is 85.5 Å². The Bertz CT molecular complexity index is 1740. The van der Waals surface area contributed by atoms with Crippen LogP contribution < -0.4 is 15.0 Å². The number of hydrogen-bond acceptors (Lipinski definition) is 7. The third-order valence-electron chi connectivity index (χ3n) is 5.27. The molecule has 3 aromatic carbocycles. The van der Waals surface area contributed by atoms with E-state index >= 15 is 0 Å². The average molecular weight is 611 g/mol. The first-order chi connectivity index (χ1) is 17.3. The summed E-state index contributed by atoms with van der Waals surface area (Å²) < 4.78 is 19.2. The van der Waals surface area contributed by atoms with Crippen LogP contribution in [0.4, 0.5) is 0 Å². The van der Waals surface area contributed by atoms with Crippen LogP contribution in [-0.4, -0.2) is 29.0 Å². The van der Waals surface area contributed by atoms with E-state index in [4.69, 9.17) is 13.9 Å². The number of benzene rings is 3. The summed E-state index contributed by atoms with van der Waals surface area (Å²) >= 11 is 6.86. The number of fused-ring (bicyclic) bond motifs is 2. The van der Waals surface area contributed by atoms with Crippen molar-refractivity contribution in [1.82, 2.24) is 9.66 Å². The van der Waals surface area contributed by atoms with Gasteiger partial charge >= 0.3 is 5.97 Å². The normalized spacial score (nSPS) is 11.4. The van der Waals surface area contributed by atoms with Gasteiger partial charge in [-0.3, -0.25) is 9.59 Å². The largest absolute Gasteiger partial charge is 0.493 e. The van der Waals surface area contributed by atoms with Gasteiger partial charge in [-0.25, -0.2) is 4.98 Å². The first-order valence-corrected chi connectivity index (χ1v) is 12.2. The molecule has 180 valence electrons. The monoisotopic (exact) mass is 609 g/mol. The molecule has 0 bridgehead atoms. The van der Waals surface area contributed by atoms with Crippen LogP contribution in [0.5, 0.6) is 11.5 Å². The van der Waals surface area contributed by atoms with Crippen LogP contribution in [0, 0.1) is 0 Å². The van der Waals surface area contributed by atoms with Crippen molar-refractivity contribution in [2.45, 2.75) is 6.92 Å². The Kier molecular flexibility index (Phi) is 6.46. The van der Waals surface area contributed by atoms with Gasteiger partial charge in [0, 0.05) is 16.8 Å². The fourth-order valence-electron chi connectivity index (χ4n) is 3.70. The van der Waals surface area contributed by atoms with Crippen molar-refractivity contribution >= 4 is 65.9 Å². The maximum atomic E-state index is 13.4. The van der Waals surface area contributed by atoms with Gasteiger partial charge in [-0.05, 0) is 70.0 Å². The summed E-state index contributed by atoms with van der Waals surface area (Å²) in [6.45, 7) is 1.30. The average Bonchev–Trinajstić information content (AvgIpc) is 3.27. The lowest BCUT2D eigenvalue weighted by Gasteiger charge is -2.11. The van der Waals surface area contributed by atoms with Gasteiger partial charge in [-0.15, -0.1) is 0 Å². The number of esters is 1. The number of aromatic nitrogens is 2.